The van der Waals surface area contributed by atoms with Crippen molar-refractivity contribution < 1.29 is 18.7 Å². The first-order valence-corrected chi connectivity index (χ1v) is 7.83. The van der Waals surface area contributed by atoms with Crippen LogP contribution in [0.3, 0.4) is 0 Å². The van der Waals surface area contributed by atoms with Crippen molar-refractivity contribution in [3.8, 4) is 0 Å². The number of ether oxygens (including phenoxy) is 1. The van der Waals surface area contributed by atoms with E-state index in [1.54, 1.807) is 13.0 Å². The third-order valence-electron chi connectivity index (χ3n) is 2.71. The second-order valence-corrected chi connectivity index (χ2v) is 4.18. The van der Waals surface area contributed by atoms with Gasteiger partial charge in [0.15, 0.2) is 11.6 Å². The van der Waals surface area contributed by atoms with Gasteiger partial charge in [-0.2, -0.15) is 0 Å². The number of nitrogens with one attached hydrogen (secondary N) is 1. The molecule has 1 N–H and O–H groups in total. The Kier molecular flexibility index (Phi) is 14.5. The van der Waals surface area contributed by atoms with Crippen LogP contribution in [0.1, 0.15) is 34.1 Å². The molecule has 25 heavy (non-hydrogen) atoms. The Morgan fingerprint density at radius 1 is 1.20 bits per heavy atom. The number of hydrogen-bond donors (Lipinski definition) is 1. The molecule has 0 saturated carbocycles. The van der Waals surface area contributed by atoms with Crippen LogP contribution in [0.2, 0.25) is 0 Å². The number of halogens is 1. The molecule has 0 aliphatic heterocycles. The maximum Gasteiger partial charge on any atom is 0.412 e. The van der Waals surface area contributed by atoms with Crippen LogP contribution in [0.4, 0.5) is 9.18 Å². The van der Waals surface area contributed by atoms with Gasteiger partial charge in [0, 0.05) is 5.70 Å². The van der Waals surface area contributed by atoms with Gasteiger partial charge in [-0.3, -0.25) is 15.1 Å². The van der Waals surface area contributed by atoms with E-state index in [4.69, 9.17) is 4.74 Å². The molecule has 0 bridgehead atoms. The minimum absolute atomic E-state index is 0.0249. The minimum Gasteiger partial charge on any atom is -0.445 e. The number of Topliss-reactive ketones (excluding diaryl/α,β-unsaturated/α-hetero) is 1. The molecule has 138 valence electrons. The first-order chi connectivity index (χ1) is 11.9. The predicted molar refractivity (Wildman–Crippen MR) is 101 cm³/mol. The molecular formula is C19H27FN2O3. The Hall–Kier alpha value is -2.76. The van der Waals surface area contributed by atoms with E-state index in [-0.39, 0.29) is 24.3 Å². The fourth-order valence-electron chi connectivity index (χ4n) is 1.54. The smallest absolute Gasteiger partial charge is 0.412 e. The molecule has 6 heteroatoms. The maximum atomic E-state index is 14.5. The first-order valence-electron chi connectivity index (χ1n) is 7.83. The van der Waals surface area contributed by atoms with Crippen LogP contribution in [0, 0.1) is 0 Å². The summed E-state index contributed by atoms with van der Waals surface area (Å²) in [5.41, 5.74) is -0.0123. The van der Waals surface area contributed by atoms with Crippen LogP contribution in [-0.4, -0.2) is 25.2 Å². The van der Waals surface area contributed by atoms with Crippen molar-refractivity contribution in [3.05, 3.63) is 60.3 Å². The maximum absolute atomic E-state index is 14.5. The van der Waals surface area contributed by atoms with Crippen molar-refractivity contribution in [2.24, 2.45) is 4.99 Å². The van der Waals surface area contributed by atoms with Gasteiger partial charge in [0.05, 0.1) is 17.7 Å². The molecule has 0 radical (unpaired) electrons. The van der Waals surface area contributed by atoms with E-state index in [0.717, 1.165) is 6.08 Å². The Labute approximate surface area is 149 Å². The molecule has 0 unspecified atom stereocenters. The topological polar surface area (TPSA) is 67.8 Å². The van der Waals surface area contributed by atoms with Gasteiger partial charge in [0.2, 0.25) is 0 Å². The summed E-state index contributed by atoms with van der Waals surface area (Å²) < 4.78 is 19.2. The fraction of sp³-hybridized carbons (Fsp3) is 0.316. The summed E-state index contributed by atoms with van der Waals surface area (Å²) in [5, 5.41) is 2.19. The molecular weight excluding hydrogens is 323 g/mol. The average molecular weight is 350 g/mol. The van der Waals surface area contributed by atoms with Gasteiger partial charge >= 0.3 is 6.09 Å². The summed E-state index contributed by atoms with van der Waals surface area (Å²) in [4.78, 5) is 27.3. The number of carbonyl (C=O) groups excluding carboxylic acids is 2. The lowest BCUT2D eigenvalue weighted by Gasteiger charge is -2.10. The summed E-state index contributed by atoms with van der Waals surface area (Å²) in [7, 11) is 0. The largest absolute Gasteiger partial charge is 0.445 e. The quantitative estimate of drug-likeness (QED) is 0.281. The Morgan fingerprint density at radius 3 is 2.20 bits per heavy atom. The van der Waals surface area contributed by atoms with E-state index in [9.17, 15) is 14.0 Å². The number of carbonyl (C=O) groups is 2. The van der Waals surface area contributed by atoms with E-state index in [0.29, 0.717) is 5.70 Å². The van der Waals surface area contributed by atoms with E-state index >= 15 is 0 Å². The van der Waals surface area contributed by atoms with Crippen molar-refractivity contribution in [3.63, 3.8) is 0 Å². The molecule has 0 aliphatic carbocycles. The number of amides is 1. The van der Waals surface area contributed by atoms with Crippen LogP contribution in [-0.2, 0) is 9.53 Å². The molecule has 0 rings (SSSR count). The first kappa shape index (κ1) is 24.5. The van der Waals surface area contributed by atoms with Crippen LogP contribution in [0.15, 0.2) is 65.2 Å². The average Bonchev–Trinajstić information content (AvgIpc) is 2.64. The SMILES string of the molecule is C=CCOC(=O)N/C(C=C)=C(F)/C(=C\C)C(=O)C/C(=C/C)N=C.CC. The van der Waals surface area contributed by atoms with E-state index in [1.807, 2.05) is 13.8 Å². The second kappa shape index (κ2) is 14.8. The predicted octanol–water partition coefficient (Wildman–Crippen LogP) is 4.80. The highest BCUT2D eigenvalue weighted by Gasteiger charge is 2.19. The van der Waals surface area contributed by atoms with Gasteiger partial charge in [-0.25, -0.2) is 9.18 Å². The third kappa shape index (κ3) is 9.20. The molecule has 0 spiro atoms. The number of alkyl carbamates (subject to hydrolysis) is 1. The third-order valence-corrected chi connectivity index (χ3v) is 2.71. The molecule has 0 atom stereocenters. The minimum atomic E-state index is -0.900. The zero-order valence-corrected chi connectivity index (χ0v) is 15.4. The summed E-state index contributed by atoms with van der Waals surface area (Å²) >= 11 is 0. The molecule has 0 aromatic rings. The molecule has 1 amide bonds. The van der Waals surface area contributed by atoms with Crippen LogP contribution in [0.5, 0.6) is 0 Å². The van der Waals surface area contributed by atoms with E-state index in [2.05, 4.69) is 30.2 Å². The van der Waals surface area contributed by atoms with E-state index < -0.39 is 17.7 Å². The fourth-order valence-corrected chi connectivity index (χ4v) is 1.54. The number of nitrogens with zero attached hydrogens (tertiary/aromatic N) is 1. The normalized spacial score (nSPS) is 12.0. The monoisotopic (exact) mass is 350 g/mol. The van der Waals surface area contributed by atoms with Crippen molar-refractivity contribution >= 4 is 18.6 Å². The Bertz CT molecular complexity index is 587. The van der Waals surface area contributed by atoms with Crippen molar-refractivity contribution in [1.82, 2.24) is 5.32 Å². The highest BCUT2D eigenvalue weighted by molar-refractivity contribution is 6.00. The lowest BCUT2D eigenvalue weighted by molar-refractivity contribution is -0.114. The summed E-state index contributed by atoms with van der Waals surface area (Å²) in [6.07, 6.45) is 4.41. The summed E-state index contributed by atoms with van der Waals surface area (Å²) in [6, 6.07) is 0. The van der Waals surface area contributed by atoms with Crippen LogP contribution < -0.4 is 5.32 Å². The standard InChI is InChI=1S/C17H21FN2O3.C2H6/c1-6-10-23-17(22)20-14(9-4)16(18)13(8-3)15(21)11-12(7-2)19-5;1-2/h6-9H,1,4-5,10-11H2,2-3H3,(H,20,22);1-2H3/b12-7-,13-8-,16-14-;. The molecule has 0 heterocycles. The highest BCUT2D eigenvalue weighted by Crippen LogP contribution is 2.20. The zero-order chi connectivity index (χ0) is 19.8. The number of ketones is 1. The van der Waals surface area contributed by atoms with Gasteiger partial charge in [-0.15, -0.1) is 0 Å². The number of aliphatic imine (C=N–C) groups is 1. The van der Waals surface area contributed by atoms with Gasteiger partial charge in [-0.1, -0.05) is 45.2 Å². The van der Waals surface area contributed by atoms with Gasteiger partial charge < -0.3 is 4.74 Å². The molecule has 0 saturated heterocycles. The summed E-state index contributed by atoms with van der Waals surface area (Å²) in [5.74, 6) is -1.39. The van der Waals surface area contributed by atoms with Crippen LogP contribution in [0.25, 0.3) is 0 Å². The number of rotatable bonds is 9. The van der Waals surface area contributed by atoms with Gasteiger partial charge in [0.1, 0.15) is 6.61 Å². The van der Waals surface area contributed by atoms with E-state index in [1.165, 1.54) is 19.1 Å². The molecule has 0 aromatic heterocycles. The second-order valence-electron chi connectivity index (χ2n) is 4.18. The van der Waals surface area contributed by atoms with Gasteiger partial charge in [0.25, 0.3) is 0 Å². The molecule has 0 fully saturated rings. The van der Waals surface area contributed by atoms with Crippen molar-refractivity contribution in [2.75, 3.05) is 6.61 Å². The lowest BCUT2D eigenvalue weighted by Crippen LogP contribution is -2.24. The van der Waals surface area contributed by atoms with Crippen molar-refractivity contribution in [2.45, 2.75) is 34.1 Å². The molecule has 0 aliphatic rings. The summed E-state index contributed by atoms with van der Waals surface area (Å²) in [6.45, 7) is 17.3. The number of hydrogen-bond acceptors (Lipinski definition) is 4. The zero-order valence-electron chi connectivity index (χ0n) is 15.4. The van der Waals surface area contributed by atoms with Crippen molar-refractivity contribution in [1.29, 1.82) is 0 Å². The Morgan fingerprint density at radius 2 is 1.80 bits per heavy atom. The highest BCUT2D eigenvalue weighted by atomic mass is 19.1. The molecule has 0 aromatic carbocycles. The van der Waals surface area contributed by atoms with Gasteiger partial charge in [-0.05, 0) is 26.6 Å². The Balaban J connectivity index is 0. The number of allylic oxidation sites excluding steroid dienone is 6. The molecule has 5 nitrogen and oxygen atoms in total. The van der Waals surface area contributed by atoms with Crippen LogP contribution >= 0.6 is 0 Å². The lowest BCUT2D eigenvalue weighted by atomic mass is 10.0.